The highest BCUT2D eigenvalue weighted by atomic mass is 19.1. The van der Waals surface area contributed by atoms with E-state index in [-0.39, 0.29) is 17.2 Å². The highest BCUT2D eigenvalue weighted by molar-refractivity contribution is 5.98. The quantitative estimate of drug-likeness (QED) is 0.851. The fourth-order valence-corrected chi connectivity index (χ4v) is 1.77. The molecule has 0 aliphatic rings. The number of benzene rings is 1. The van der Waals surface area contributed by atoms with Gasteiger partial charge >= 0.3 is 0 Å². The Hall–Kier alpha value is -2.37. The normalized spacial score (nSPS) is 10.5. The van der Waals surface area contributed by atoms with E-state index in [1.54, 1.807) is 19.4 Å². The molecule has 0 saturated heterocycles. The second-order valence-corrected chi connectivity index (χ2v) is 4.35. The molecule has 5 nitrogen and oxygen atoms in total. The number of carbonyl (C=O) groups excluding carboxylic acids is 1. The van der Waals surface area contributed by atoms with Crippen LogP contribution < -0.4 is 5.73 Å². The lowest BCUT2D eigenvalue weighted by Crippen LogP contribution is -2.28. The minimum atomic E-state index is -0.458. The van der Waals surface area contributed by atoms with Crippen LogP contribution >= 0.6 is 0 Å². The molecule has 1 aromatic heterocycles. The molecule has 19 heavy (non-hydrogen) atoms. The average molecular weight is 262 g/mol. The summed E-state index contributed by atoms with van der Waals surface area (Å²) in [5.74, 6) is 0.0397. The van der Waals surface area contributed by atoms with Gasteiger partial charge in [0.15, 0.2) is 0 Å². The van der Waals surface area contributed by atoms with Crippen LogP contribution in [0.4, 0.5) is 10.1 Å². The molecule has 2 aromatic rings. The second-order valence-electron chi connectivity index (χ2n) is 4.35. The van der Waals surface area contributed by atoms with Gasteiger partial charge in [-0.2, -0.15) is 0 Å². The van der Waals surface area contributed by atoms with Gasteiger partial charge in [0.2, 0.25) is 0 Å². The third-order valence-corrected chi connectivity index (χ3v) is 2.89. The molecule has 0 saturated carbocycles. The van der Waals surface area contributed by atoms with E-state index in [0.717, 1.165) is 11.9 Å². The predicted octanol–water partition coefficient (Wildman–Crippen LogP) is 1.41. The Balaban J connectivity index is 2.17. The number of carbonyl (C=O) groups is 1. The van der Waals surface area contributed by atoms with E-state index < -0.39 is 5.82 Å². The first-order chi connectivity index (χ1) is 8.99. The zero-order chi connectivity index (χ0) is 14.0. The number of hydrogen-bond acceptors (Lipinski definition) is 3. The Bertz CT molecular complexity index is 608. The molecule has 0 fully saturated rings. The summed E-state index contributed by atoms with van der Waals surface area (Å²) in [7, 11) is 3.51. The third kappa shape index (κ3) is 2.73. The van der Waals surface area contributed by atoms with Crippen LogP contribution in [0.1, 0.15) is 16.2 Å². The second kappa shape index (κ2) is 5.09. The molecule has 2 rings (SSSR count). The summed E-state index contributed by atoms with van der Waals surface area (Å²) in [6.07, 6.45) is 3.47. The molecule has 0 unspecified atom stereocenters. The fraction of sp³-hybridized carbons (Fsp3) is 0.231. The Labute approximate surface area is 110 Å². The van der Waals surface area contributed by atoms with Crippen molar-refractivity contribution in [1.29, 1.82) is 0 Å². The number of hydrogen-bond donors (Lipinski definition) is 1. The van der Waals surface area contributed by atoms with Crippen molar-refractivity contribution in [1.82, 2.24) is 14.5 Å². The van der Waals surface area contributed by atoms with Crippen molar-refractivity contribution in [3.63, 3.8) is 0 Å². The van der Waals surface area contributed by atoms with Crippen LogP contribution in [-0.4, -0.2) is 27.4 Å². The average Bonchev–Trinajstić information content (AvgIpc) is 2.74. The summed E-state index contributed by atoms with van der Waals surface area (Å²) < 4.78 is 14.8. The number of aromatic nitrogens is 2. The lowest BCUT2D eigenvalue weighted by Gasteiger charge is -2.17. The van der Waals surface area contributed by atoms with Gasteiger partial charge in [-0.05, 0) is 18.2 Å². The maximum atomic E-state index is 13.0. The van der Waals surface area contributed by atoms with Crippen molar-refractivity contribution in [2.75, 3.05) is 12.8 Å². The van der Waals surface area contributed by atoms with Gasteiger partial charge in [-0.3, -0.25) is 4.79 Å². The van der Waals surface area contributed by atoms with Crippen LogP contribution in [-0.2, 0) is 13.6 Å². The number of nitrogens with zero attached hydrogens (tertiary/aromatic N) is 3. The van der Waals surface area contributed by atoms with E-state index in [2.05, 4.69) is 4.98 Å². The van der Waals surface area contributed by atoms with Gasteiger partial charge < -0.3 is 15.2 Å². The van der Waals surface area contributed by atoms with Crippen LogP contribution in [0.5, 0.6) is 0 Å². The van der Waals surface area contributed by atoms with Gasteiger partial charge in [0, 0.05) is 32.2 Å². The Morgan fingerprint density at radius 2 is 2.26 bits per heavy atom. The highest BCUT2D eigenvalue weighted by Gasteiger charge is 2.16. The minimum Gasteiger partial charge on any atom is -0.398 e. The van der Waals surface area contributed by atoms with E-state index in [9.17, 15) is 9.18 Å². The predicted molar refractivity (Wildman–Crippen MR) is 69.8 cm³/mol. The molecule has 0 radical (unpaired) electrons. The summed E-state index contributed by atoms with van der Waals surface area (Å²) in [6, 6.07) is 3.75. The largest absolute Gasteiger partial charge is 0.398 e. The van der Waals surface area contributed by atoms with Crippen molar-refractivity contribution in [2.24, 2.45) is 7.05 Å². The number of halogens is 1. The molecule has 1 heterocycles. The van der Waals surface area contributed by atoms with Crippen molar-refractivity contribution >= 4 is 11.6 Å². The summed E-state index contributed by atoms with van der Waals surface area (Å²) in [6.45, 7) is 0.360. The molecule has 0 spiro atoms. The molecule has 6 heteroatoms. The number of nitrogen functional groups attached to an aromatic ring is 1. The molecular formula is C13H15FN4O. The van der Waals surface area contributed by atoms with Gasteiger partial charge in [0.1, 0.15) is 11.6 Å². The van der Waals surface area contributed by atoms with Gasteiger partial charge in [-0.15, -0.1) is 0 Å². The Morgan fingerprint density at radius 3 is 2.84 bits per heavy atom. The SMILES string of the molecule is CN(Cc1nccn1C)C(=O)c1ccc(F)cc1N. The van der Waals surface area contributed by atoms with Crippen LogP contribution in [0.2, 0.25) is 0 Å². The topological polar surface area (TPSA) is 64.2 Å². The molecule has 0 aliphatic carbocycles. The summed E-state index contributed by atoms with van der Waals surface area (Å²) in [5, 5.41) is 0. The lowest BCUT2D eigenvalue weighted by atomic mass is 10.1. The van der Waals surface area contributed by atoms with Crippen molar-refractivity contribution in [2.45, 2.75) is 6.54 Å². The minimum absolute atomic E-state index is 0.136. The lowest BCUT2D eigenvalue weighted by molar-refractivity contribution is 0.0781. The van der Waals surface area contributed by atoms with Gasteiger partial charge in [0.25, 0.3) is 5.91 Å². The van der Waals surface area contributed by atoms with Crippen LogP contribution in [0.3, 0.4) is 0 Å². The number of nitrogens with two attached hydrogens (primary N) is 1. The van der Waals surface area contributed by atoms with E-state index in [4.69, 9.17) is 5.73 Å². The van der Waals surface area contributed by atoms with Crippen LogP contribution in [0.25, 0.3) is 0 Å². The molecule has 2 N–H and O–H groups in total. The van der Waals surface area contributed by atoms with Gasteiger partial charge in [0.05, 0.1) is 12.1 Å². The van der Waals surface area contributed by atoms with Crippen molar-refractivity contribution in [3.05, 3.63) is 47.8 Å². The van der Waals surface area contributed by atoms with Crippen LogP contribution in [0.15, 0.2) is 30.6 Å². The number of anilines is 1. The highest BCUT2D eigenvalue weighted by Crippen LogP contribution is 2.16. The molecular weight excluding hydrogens is 247 g/mol. The number of amides is 1. The van der Waals surface area contributed by atoms with E-state index >= 15 is 0 Å². The standard InChI is InChI=1S/C13H15FN4O/c1-17-6-5-16-12(17)8-18(2)13(19)10-4-3-9(14)7-11(10)15/h3-7H,8,15H2,1-2H3. The third-order valence-electron chi connectivity index (χ3n) is 2.89. The Morgan fingerprint density at radius 1 is 1.53 bits per heavy atom. The molecule has 1 amide bonds. The number of imidazole rings is 1. The van der Waals surface area contributed by atoms with Gasteiger partial charge in [-0.25, -0.2) is 9.37 Å². The summed E-state index contributed by atoms with van der Waals surface area (Å²) in [4.78, 5) is 17.8. The van der Waals surface area contributed by atoms with Crippen molar-refractivity contribution in [3.8, 4) is 0 Å². The van der Waals surface area contributed by atoms with E-state index in [1.165, 1.54) is 17.0 Å². The van der Waals surface area contributed by atoms with Gasteiger partial charge in [-0.1, -0.05) is 0 Å². The fourth-order valence-electron chi connectivity index (χ4n) is 1.77. The first-order valence-electron chi connectivity index (χ1n) is 5.75. The molecule has 0 bridgehead atoms. The zero-order valence-electron chi connectivity index (χ0n) is 10.8. The molecule has 1 aromatic carbocycles. The number of rotatable bonds is 3. The monoisotopic (exact) mass is 262 g/mol. The summed E-state index contributed by atoms with van der Waals surface area (Å²) >= 11 is 0. The Kier molecular flexibility index (Phi) is 3.50. The maximum Gasteiger partial charge on any atom is 0.256 e. The van der Waals surface area contributed by atoms with Crippen LogP contribution in [0, 0.1) is 5.82 Å². The number of aryl methyl sites for hydroxylation is 1. The smallest absolute Gasteiger partial charge is 0.256 e. The van der Waals surface area contributed by atoms with Crippen molar-refractivity contribution < 1.29 is 9.18 Å². The first kappa shape index (κ1) is 13.1. The summed E-state index contributed by atoms with van der Waals surface area (Å²) in [5.41, 5.74) is 6.08. The first-order valence-corrected chi connectivity index (χ1v) is 5.75. The zero-order valence-corrected chi connectivity index (χ0v) is 10.8. The molecule has 100 valence electrons. The molecule has 0 atom stereocenters. The maximum absolute atomic E-state index is 13.0. The molecule has 0 aliphatic heterocycles. The van der Waals surface area contributed by atoms with E-state index in [0.29, 0.717) is 6.54 Å². The van der Waals surface area contributed by atoms with E-state index in [1.807, 2.05) is 11.6 Å².